The van der Waals surface area contributed by atoms with E-state index in [1.54, 1.807) is 60.7 Å². The summed E-state index contributed by atoms with van der Waals surface area (Å²) in [7, 11) is -3.96. The number of carbonyl (C=O) groups excluding carboxylic acids is 1. The molecule has 3 rings (SSSR count). The van der Waals surface area contributed by atoms with Crippen molar-refractivity contribution in [3.63, 3.8) is 0 Å². The van der Waals surface area contributed by atoms with Crippen LogP contribution in [0.3, 0.4) is 0 Å². The molecule has 0 radical (unpaired) electrons. The second-order valence-corrected chi connectivity index (χ2v) is 8.96. The predicted octanol–water partition coefficient (Wildman–Crippen LogP) is 5.14. The molecule has 5 nitrogen and oxygen atoms in total. The minimum absolute atomic E-state index is 0.0918. The third-order valence-electron chi connectivity index (χ3n) is 4.17. The van der Waals surface area contributed by atoms with Crippen LogP contribution in [0, 0.1) is 6.92 Å². The van der Waals surface area contributed by atoms with Crippen LogP contribution in [0.5, 0.6) is 0 Å². The highest BCUT2D eigenvalue weighted by molar-refractivity contribution is 7.92. The number of rotatable bonds is 6. The van der Waals surface area contributed by atoms with Gasteiger partial charge in [-0.1, -0.05) is 65.2 Å². The highest BCUT2D eigenvalue weighted by Gasteiger charge is 2.27. The number of sulfonamides is 1. The topological polar surface area (TPSA) is 66.5 Å². The van der Waals surface area contributed by atoms with Gasteiger partial charge in [0.25, 0.3) is 10.0 Å². The SMILES string of the molecule is Cc1ccc(N(CC(=O)Nc2cccc(Cl)c2Cl)S(=O)(=O)c2ccccc2)cc1. The van der Waals surface area contributed by atoms with E-state index in [1.807, 2.05) is 6.92 Å². The summed E-state index contributed by atoms with van der Waals surface area (Å²) in [4.78, 5) is 12.8. The highest BCUT2D eigenvalue weighted by atomic mass is 35.5. The van der Waals surface area contributed by atoms with Gasteiger partial charge in [0, 0.05) is 0 Å². The molecular formula is C21H18Cl2N2O3S. The maximum Gasteiger partial charge on any atom is 0.264 e. The summed E-state index contributed by atoms with van der Waals surface area (Å²) in [6, 6.07) is 19.7. The van der Waals surface area contributed by atoms with Gasteiger partial charge >= 0.3 is 0 Å². The van der Waals surface area contributed by atoms with E-state index < -0.39 is 22.5 Å². The van der Waals surface area contributed by atoms with E-state index in [-0.39, 0.29) is 14.9 Å². The molecule has 8 heteroatoms. The third kappa shape index (κ3) is 4.90. The van der Waals surface area contributed by atoms with Crippen LogP contribution >= 0.6 is 23.2 Å². The van der Waals surface area contributed by atoms with E-state index in [0.29, 0.717) is 11.4 Å². The zero-order chi connectivity index (χ0) is 21.0. The number of benzene rings is 3. The number of anilines is 2. The van der Waals surface area contributed by atoms with Gasteiger partial charge in [-0.3, -0.25) is 9.10 Å². The Bertz CT molecular complexity index is 1120. The molecule has 0 bridgehead atoms. The molecule has 150 valence electrons. The van der Waals surface area contributed by atoms with Crippen LogP contribution < -0.4 is 9.62 Å². The van der Waals surface area contributed by atoms with E-state index in [4.69, 9.17) is 23.2 Å². The monoisotopic (exact) mass is 448 g/mol. The smallest absolute Gasteiger partial charge is 0.264 e. The second-order valence-electron chi connectivity index (χ2n) is 6.31. The molecule has 0 spiro atoms. The minimum Gasteiger partial charge on any atom is -0.323 e. The summed E-state index contributed by atoms with van der Waals surface area (Å²) in [5.74, 6) is -0.547. The van der Waals surface area contributed by atoms with Gasteiger partial charge in [0.1, 0.15) is 6.54 Å². The van der Waals surface area contributed by atoms with Crippen LogP contribution in [-0.4, -0.2) is 20.9 Å². The van der Waals surface area contributed by atoms with Gasteiger partial charge in [-0.15, -0.1) is 0 Å². The van der Waals surface area contributed by atoms with E-state index in [2.05, 4.69) is 5.32 Å². The first kappa shape index (κ1) is 21.2. The fourth-order valence-corrected chi connectivity index (χ4v) is 4.46. The molecule has 0 aromatic heterocycles. The van der Waals surface area contributed by atoms with Gasteiger partial charge in [-0.05, 0) is 43.3 Å². The van der Waals surface area contributed by atoms with Gasteiger partial charge in [0.15, 0.2) is 0 Å². The Kier molecular flexibility index (Phi) is 6.47. The van der Waals surface area contributed by atoms with Crippen LogP contribution in [0.1, 0.15) is 5.56 Å². The third-order valence-corrected chi connectivity index (χ3v) is 6.77. The van der Waals surface area contributed by atoms with Crippen molar-refractivity contribution in [2.45, 2.75) is 11.8 Å². The van der Waals surface area contributed by atoms with Gasteiger partial charge < -0.3 is 5.32 Å². The Labute approximate surface area is 179 Å². The summed E-state index contributed by atoms with van der Waals surface area (Å²) >= 11 is 12.1. The van der Waals surface area contributed by atoms with Crippen LogP contribution in [0.15, 0.2) is 77.7 Å². The molecule has 0 aliphatic heterocycles. The van der Waals surface area contributed by atoms with Crippen molar-refractivity contribution in [1.29, 1.82) is 0 Å². The number of aryl methyl sites for hydroxylation is 1. The summed E-state index contributed by atoms with van der Waals surface area (Å²) < 4.78 is 27.5. The number of hydrogen-bond donors (Lipinski definition) is 1. The van der Waals surface area contributed by atoms with Gasteiger partial charge in [0.05, 0.1) is 26.3 Å². The van der Waals surface area contributed by atoms with Gasteiger partial charge in [-0.2, -0.15) is 0 Å². The van der Waals surface area contributed by atoms with E-state index in [1.165, 1.54) is 12.1 Å². The molecular weight excluding hydrogens is 431 g/mol. The number of halogens is 2. The summed E-state index contributed by atoms with van der Waals surface area (Å²) in [6.45, 7) is 1.47. The average molecular weight is 449 g/mol. The van der Waals surface area contributed by atoms with Crippen molar-refractivity contribution in [3.8, 4) is 0 Å². The molecule has 29 heavy (non-hydrogen) atoms. The quantitative estimate of drug-likeness (QED) is 0.567. The zero-order valence-electron chi connectivity index (χ0n) is 15.5. The van der Waals surface area contributed by atoms with E-state index >= 15 is 0 Å². The van der Waals surface area contributed by atoms with Crippen molar-refractivity contribution < 1.29 is 13.2 Å². The molecule has 0 unspecified atom stereocenters. The van der Waals surface area contributed by atoms with Crippen molar-refractivity contribution >= 4 is 50.5 Å². The van der Waals surface area contributed by atoms with Crippen LogP contribution in [0.2, 0.25) is 10.0 Å². The number of hydrogen-bond acceptors (Lipinski definition) is 3. The lowest BCUT2D eigenvalue weighted by Crippen LogP contribution is -2.38. The molecule has 3 aromatic carbocycles. The first-order chi connectivity index (χ1) is 13.8. The van der Waals surface area contributed by atoms with Crippen molar-refractivity contribution in [1.82, 2.24) is 0 Å². The highest BCUT2D eigenvalue weighted by Crippen LogP contribution is 2.30. The van der Waals surface area contributed by atoms with Gasteiger partial charge in [0.2, 0.25) is 5.91 Å². The fourth-order valence-electron chi connectivity index (χ4n) is 2.67. The first-order valence-corrected chi connectivity index (χ1v) is 10.9. The Morgan fingerprint density at radius 2 is 1.59 bits per heavy atom. The van der Waals surface area contributed by atoms with Crippen molar-refractivity contribution in [3.05, 3.63) is 88.4 Å². The lowest BCUT2D eigenvalue weighted by atomic mass is 10.2. The molecule has 0 atom stereocenters. The summed E-state index contributed by atoms with van der Waals surface area (Å²) in [6.07, 6.45) is 0. The molecule has 0 fully saturated rings. The minimum atomic E-state index is -3.96. The van der Waals surface area contributed by atoms with Crippen LogP contribution in [-0.2, 0) is 14.8 Å². The van der Waals surface area contributed by atoms with Gasteiger partial charge in [-0.25, -0.2) is 8.42 Å². The first-order valence-electron chi connectivity index (χ1n) is 8.67. The van der Waals surface area contributed by atoms with Crippen molar-refractivity contribution in [2.24, 2.45) is 0 Å². The molecule has 0 aliphatic carbocycles. The average Bonchev–Trinajstić information content (AvgIpc) is 2.71. The molecule has 0 aliphatic rings. The molecule has 3 aromatic rings. The zero-order valence-corrected chi connectivity index (χ0v) is 17.8. The largest absolute Gasteiger partial charge is 0.323 e. The maximum atomic E-state index is 13.2. The van der Waals surface area contributed by atoms with E-state index in [9.17, 15) is 13.2 Å². The molecule has 1 N–H and O–H groups in total. The summed E-state index contributed by atoms with van der Waals surface area (Å²) in [5, 5.41) is 3.10. The lowest BCUT2D eigenvalue weighted by molar-refractivity contribution is -0.114. The standard InChI is InChI=1S/C21H18Cl2N2O3S/c1-15-10-12-16(13-11-15)25(29(27,28)17-6-3-2-4-7-17)14-20(26)24-19-9-5-8-18(22)21(19)23/h2-13H,14H2,1H3,(H,24,26). The molecule has 0 saturated carbocycles. The van der Waals surface area contributed by atoms with Crippen LogP contribution in [0.25, 0.3) is 0 Å². The van der Waals surface area contributed by atoms with Crippen LogP contribution in [0.4, 0.5) is 11.4 Å². The maximum absolute atomic E-state index is 13.2. The Balaban J connectivity index is 1.94. The Hall–Kier alpha value is -2.54. The summed E-state index contributed by atoms with van der Waals surface area (Å²) in [5.41, 5.74) is 1.66. The fraction of sp³-hybridized carbons (Fsp3) is 0.0952. The normalized spacial score (nSPS) is 11.1. The predicted molar refractivity (Wildman–Crippen MR) is 117 cm³/mol. The molecule has 1 amide bonds. The second kappa shape index (κ2) is 8.86. The Morgan fingerprint density at radius 3 is 2.24 bits per heavy atom. The van der Waals surface area contributed by atoms with E-state index in [0.717, 1.165) is 9.87 Å². The lowest BCUT2D eigenvalue weighted by Gasteiger charge is -2.24. The number of nitrogens with one attached hydrogen (secondary N) is 1. The van der Waals surface area contributed by atoms with Crippen molar-refractivity contribution in [2.75, 3.05) is 16.2 Å². The number of carbonyl (C=O) groups is 1. The number of amides is 1. The molecule has 0 heterocycles. The Morgan fingerprint density at radius 1 is 0.931 bits per heavy atom. The number of nitrogens with zero attached hydrogens (tertiary/aromatic N) is 1. The molecule has 0 saturated heterocycles.